The summed E-state index contributed by atoms with van der Waals surface area (Å²) < 4.78 is 5.12. The lowest BCUT2D eigenvalue weighted by atomic mass is 9.88. The SMILES string of the molecule is COc1ccc(-c2nnc(SCC(=O)N[C@@H]3CCCc4ccccc43)[nH]c2=O)cc1. The number of nitrogens with zero attached hydrogens (tertiary/aromatic N) is 2. The standard InChI is InChI=1S/C22H22N4O3S/c1-29-16-11-9-15(10-12-16)20-21(28)24-22(26-25-20)30-13-19(27)23-18-8-4-6-14-5-2-3-7-17(14)18/h2-3,5,7,9-12,18H,4,6,8,13H2,1H3,(H,23,27)(H,24,26,28)/t18-/m1/s1. The molecule has 1 aliphatic carbocycles. The summed E-state index contributed by atoms with van der Waals surface area (Å²) in [5.74, 6) is 0.760. The Morgan fingerprint density at radius 1 is 1.20 bits per heavy atom. The van der Waals surface area contributed by atoms with Gasteiger partial charge in [-0.2, -0.15) is 0 Å². The number of ether oxygens (including phenoxy) is 1. The number of aromatic amines is 1. The number of fused-ring (bicyclic) bond motifs is 1. The minimum absolute atomic E-state index is 0.0330. The number of thioether (sulfide) groups is 1. The maximum Gasteiger partial charge on any atom is 0.278 e. The molecule has 1 aromatic heterocycles. The summed E-state index contributed by atoms with van der Waals surface area (Å²) in [7, 11) is 1.58. The van der Waals surface area contributed by atoms with Crippen LogP contribution in [-0.2, 0) is 11.2 Å². The van der Waals surface area contributed by atoms with E-state index < -0.39 is 0 Å². The van der Waals surface area contributed by atoms with Crippen molar-refractivity contribution in [3.8, 4) is 17.0 Å². The molecule has 7 nitrogen and oxygen atoms in total. The Bertz CT molecular complexity index is 1100. The van der Waals surface area contributed by atoms with Crippen LogP contribution in [0.2, 0.25) is 0 Å². The third kappa shape index (κ3) is 4.54. The molecule has 0 spiro atoms. The molecule has 0 saturated carbocycles. The van der Waals surface area contributed by atoms with Gasteiger partial charge in [0.1, 0.15) is 5.75 Å². The largest absolute Gasteiger partial charge is 0.497 e. The zero-order chi connectivity index (χ0) is 20.9. The highest BCUT2D eigenvalue weighted by molar-refractivity contribution is 7.99. The monoisotopic (exact) mass is 422 g/mol. The van der Waals surface area contributed by atoms with Gasteiger partial charge >= 0.3 is 0 Å². The van der Waals surface area contributed by atoms with E-state index in [2.05, 4.69) is 32.6 Å². The second-order valence-electron chi connectivity index (χ2n) is 7.04. The fourth-order valence-electron chi connectivity index (χ4n) is 3.60. The molecule has 0 fully saturated rings. The van der Waals surface area contributed by atoms with Crippen molar-refractivity contribution in [1.29, 1.82) is 0 Å². The van der Waals surface area contributed by atoms with Gasteiger partial charge in [-0.05, 0) is 54.7 Å². The van der Waals surface area contributed by atoms with Gasteiger partial charge in [-0.3, -0.25) is 14.6 Å². The average molecular weight is 423 g/mol. The fourth-order valence-corrected chi connectivity index (χ4v) is 4.21. The molecule has 30 heavy (non-hydrogen) atoms. The van der Waals surface area contributed by atoms with Crippen molar-refractivity contribution in [2.45, 2.75) is 30.5 Å². The number of benzene rings is 2. The molecule has 0 radical (unpaired) electrons. The molecule has 1 atom stereocenters. The first-order chi connectivity index (χ1) is 14.6. The minimum atomic E-state index is -0.348. The summed E-state index contributed by atoms with van der Waals surface area (Å²) in [6.07, 6.45) is 3.04. The lowest BCUT2D eigenvalue weighted by Crippen LogP contribution is -2.32. The van der Waals surface area contributed by atoms with Crippen molar-refractivity contribution in [1.82, 2.24) is 20.5 Å². The number of amides is 1. The Morgan fingerprint density at radius 3 is 2.77 bits per heavy atom. The maximum absolute atomic E-state index is 12.4. The first-order valence-corrected chi connectivity index (χ1v) is 10.7. The molecular weight excluding hydrogens is 400 g/mol. The summed E-state index contributed by atoms with van der Waals surface area (Å²) in [5, 5.41) is 11.5. The maximum atomic E-state index is 12.4. The number of rotatable bonds is 6. The number of nitrogens with one attached hydrogen (secondary N) is 2. The molecule has 0 unspecified atom stereocenters. The van der Waals surface area contributed by atoms with Crippen LogP contribution in [0.25, 0.3) is 11.3 Å². The molecule has 8 heteroatoms. The number of aryl methyl sites for hydroxylation is 1. The zero-order valence-electron chi connectivity index (χ0n) is 16.6. The summed E-state index contributed by atoms with van der Waals surface area (Å²) in [5.41, 5.74) is 3.02. The Labute approximate surface area is 178 Å². The van der Waals surface area contributed by atoms with Gasteiger partial charge < -0.3 is 10.1 Å². The topological polar surface area (TPSA) is 97.0 Å². The van der Waals surface area contributed by atoms with Crippen molar-refractivity contribution in [2.24, 2.45) is 0 Å². The molecule has 4 rings (SSSR count). The first-order valence-electron chi connectivity index (χ1n) is 9.75. The van der Waals surface area contributed by atoms with Gasteiger partial charge in [0.2, 0.25) is 5.91 Å². The normalized spacial score (nSPS) is 15.3. The van der Waals surface area contributed by atoms with Crippen LogP contribution in [0.1, 0.15) is 30.0 Å². The van der Waals surface area contributed by atoms with E-state index in [0.717, 1.165) is 31.0 Å². The van der Waals surface area contributed by atoms with Crippen LogP contribution in [0.15, 0.2) is 58.5 Å². The Balaban J connectivity index is 1.38. The van der Waals surface area contributed by atoms with Gasteiger partial charge in [0.25, 0.3) is 5.56 Å². The predicted molar refractivity (Wildman–Crippen MR) is 116 cm³/mol. The van der Waals surface area contributed by atoms with Crippen LogP contribution in [0.5, 0.6) is 5.75 Å². The smallest absolute Gasteiger partial charge is 0.278 e. The zero-order valence-corrected chi connectivity index (χ0v) is 17.4. The Morgan fingerprint density at radius 2 is 2.00 bits per heavy atom. The van der Waals surface area contributed by atoms with Gasteiger partial charge in [0.05, 0.1) is 18.9 Å². The summed E-state index contributed by atoms with van der Waals surface area (Å²) in [6, 6.07) is 15.3. The van der Waals surface area contributed by atoms with E-state index in [1.54, 1.807) is 31.4 Å². The van der Waals surface area contributed by atoms with E-state index in [0.29, 0.717) is 16.5 Å². The lowest BCUT2D eigenvalue weighted by Gasteiger charge is -2.26. The third-order valence-electron chi connectivity index (χ3n) is 5.08. The van der Waals surface area contributed by atoms with Crippen molar-refractivity contribution in [2.75, 3.05) is 12.9 Å². The van der Waals surface area contributed by atoms with Crippen molar-refractivity contribution < 1.29 is 9.53 Å². The number of methoxy groups -OCH3 is 1. The molecule has 2 aromatic carbocycles. The van der Waals surface area contributed by atoms with E-state index in [-0.39, 0.29) is 29.0 Å². The third-order valence-corrected chi connectivity index (χ3v) is 5.95. The highest BCUT2D eigenvalue weighted by Crippen LogP contribution is 2.29. The predicted octanol–water partition coefficient (Wildman–Crippen LogP) is 3.13. The van der Waals surface area contributed by atoms with Crippen LogP contribution in [0, 0.1) is 0 Å². The Kier molecular flexibility index (Phi) is 6.13. The highest BCUT2D eigenvalue weighted by Gasteiger charge is 2.21. The number of carbonyl (C=O) groups excluding carboxylic acids is 1. The molecule has 3 aromatic rings. The molecule has 0 saturated heterocycles. The van der Waals surface area contributed by atoms with Crippen LogP contribution < -0.4 is 15.6 Å². The number of aromatic nitrogens is 3. The minimum Gasteiger partial charge on any atom is -0.497 e. The fraction of sp³-hybridized carbons (Fsp3) is 0.273. The molecular formula is C22H22N4O3S. The van der Waals surface area contributed by atoms with Crippen LogP contribution in [0.3, 0.4) is 0 Å². The van der Waals surface area contributed by atoms with Crippen molar-refractivity contribution in [3.05, 3.63) is 70.0 Å². The average Bonchev–Trinajstić information content (AvgIpc) is 2.78. The van der Waals surface area contributed by atoms with Crippen LogP contribution in [-0.4, -0.2) is 34.0 Å². The molecule has 2 N–H and O–H groups in total. The molecule has 1 aliphatic rings. The Hall–Kier alpha value is -3.13. The summed E-state index contributed by atoms with van der Waals surface area (Å²) >= 11 is 1.16. The quantitative estimate of drug-likeness (QED) is 0.593. The van der Waals surface area contributed by atoms with Crippen LogP contribution >= 0.6 is 11.8 Å². The molecule has 154 valence electrons. The van der Waals surface area contributed by atoms with Gasteiger partial charge in [-0.15, -0.1) is 10.2 Å². The number of carbonyl (C=O) groups is 1. The van der Waals surface area contributed by atoms with Gasteiger partial charge in [-0.25, -0.2) is 0 Å². The van der Waals surface area contributed by atoms with Crippen molar-refractivity contribution >= 4 is 17.7 Å². The molecule has 1 amide bonds. The molecule has 0 bridgehead atoms. The number of hydrogen-bond donors (Lipinski definition) is 2. The summed E-state index contributed by atoms with van der Waals surface area (Å²) in [4.78, 5) is 27.5. The number of hydrogen-bond acceptors (Lipinski definition) is 6. The second kappa shape index (κ2) is 9.13. The second-order valence-corrected chi connectivity index (χ2v) is 8.00. The van der Waals surface area contributed by atoms with E-state index in [1.807, 2.05) is 12.1 Å². The van der Waals surface area contributed by atoms with Crippen molar-refractivity contribution in [3.63, 3.8) is 0 Å². The molecule has 0 aliphatic heterocycles. The van der Waals surface area contributed by atoms with Gasteiger partial charge in [0.15, 0.2) is 10.9 Å². The lowest BCUT2D eigenvalue weighted by molar-refractivity contribution is -0.119. The van der Waals surface area contributed by atoms with E-state index in [4.69, 9.17) is 4.74 Å². The number of H-pyrrole nitrogens is 1. The molecule has 1 heterocycles. The summed E-state index contributed by atoms with van der Waals surface area (Å²) in [6.45, 7) is 0. The van der Waals surface area contributed by atoms with E-state index in [1.165, 1.54) is 11.1 Å². The van der Waals surface area contributed by atoms with E-state index in [9.17, 15) is 9.59 Å². The highest BCUT2D eigenvalue weighted by atomic mass is 32.2. The van der Waals surface area contributed by atoms with E-state index >= 15 is 0 Å². The van der Waals surface area contributed by atoms with Gasteiger partial charge in [-0.1, -0.05) is 36.0 Å². The first kappa shape index (κ1) is 20.2. The van der Waals surface area contributed by atoms with Crippen LogP contribution in [0.4, 0.5) is 0 Å². The van der Waals surface area contributed by atoms with Gasteiger partial charge in [0, 0.05) is 5.56 Å².